The molecule has 3 rings (SSSR count). The van der Waals surface area contributed by atoms with Gasteiger partial charge in [0.1, 0.15) is 5.82 Å². The van der Waals surface area contributed by atoms with E-state index < -0.39 is 0 Å². The van der Waals surface area contributed by atoms with Crippen molar-refractivity contribution in [3.63, 3.8) is 0 Å². The van der Waals surface area contributed by atoms with Crippen molar-refractivity contribution in [2.24, 2.45) is 0 Å². The lowest BCUT2D eigenvalue weighted by Crippen LogP contribution is -2.26. The summed E-state index contributed by atoms with van der Waals surface area (Å²) in [6, 6.07) is 5.12. The van der Waals surface area contributed by atoms with Crippen molar-refractivity contribution in [2.75, 3.05) is 18.4 Å². The van der Waals surface area contributed by atoms with Gasteiger partial charge in [-0.25, -0.2) is 4.98 Å². The minimum atomic E-state index is 0.653. The molecule has 0 spiro atoms. The van der Waals surface area contributed by atoms with E-state index in [2.05, 4.69) is 27.8 Å². The van der Waals surface area contributed by atoms with Gasteiger partial charge in [-0.3, -0.25) is 0 Å². The molecule has 98 valence electrons. The molecule has 1 aliphatic carbocycles. The Balaban J connectivity index is 1.67. The zero-order valence-corrected chi connectivity index (χ0v) is 11.0. The molecule has 1 saturated heterocycles. The lowest BCUT2D eigenvalue weighted by atomic mass is 9.91. The minimum absolute atomic E-state index is 0.653. The predicted molar refractivity (Wildman–Crippen MR) is 75.0 cm³/mol. The highest BCUT2D eigenvalue weighted by molar-refractivity contribution is 5.40. The fraction of sp³-hybridized carbons (Fsp3) is 0.667. The van der Waals surface area contributed by atoms with E-state index in [1.54, 1.807) is 0 Å². The molecule has 1 aliphatic heterocycles. The van der Waals surface area contributed by atoms with E-state index in [1.165, 1.54) is 44.1 Å². The van der Waals surface area contributed by atoms with Gasteiger partial charge in [-0.15, -0.1) is 0 Å². The van der Waals surface area contributed by atoms with Crippen molar-refractivity contribution in [1.29, 1.82) is 0 Å². The first-order valence-electron chi connectivity index (χ1n) is 7.35. The second kappa shape index (κ2) is 5.70. The quantitative estimate of drug-likeness (QED) is 0.859. The highest BCUT2D eigenvalue weighted by Crippen LogP contribution is 2.27. The van der Waals surface area contributed by atoms with Crippen LogP contribution < -0.4 is 10.6 Å². The van der Waals surface area contributed by atoms with E-state index in [0.717, 1.165) is 24.8 Å². The summed E-state index contributed by atoms with van der Waals surface area (Å²) in [4.78, 5) is 4.47. The largest absolute Gasteiger partial charge is 0.367 e. The molecule has 0 radical (unpaired) electrons. The summed E-state index contributed by atoms with van der Waals surface area (Å²) in [5.41, 5.74) is 1.46. The van der Waals surface area contributed by atoms with Crippen LogP contribution in [0, 0.1) is 0 Å². The molecule has 0 unspecified atom stereocenters. The number of piperidine rings is 1. The lowest BCUT2D eigenvalue weighted by molar-refractivity contribution is 0.460. The van der Waals surface area contributed by atoms with Crippen LogP contribution in [0.3, 0.4) is 0 Å². The fourth-order valence-corrected chi connectivity index (χ4v) is 3.21. The van der Waals surface area contributed by atoms with Crippen molar-refractivity contribution in [1.82, 2.24) is 10.3 Å². The predicted octanol–water partition coefficient (Wildman–Crippen LogP) is 2.90. The van der Waals surface area contributed by atoms with Crippen molar-refractivity contribution in [3.8, 4) is 0 Å². The molecule has 2 aliphatic rings. The zero-order chi connectivity index (χ0) is 12.2. The Hall–Kier alpha value is -1.09. The van der Waals surface area contributed by atoms with Gasteiger partial charge in [0, 0.05) is 12.2 Å². The van der Waals surface area contributed by atoms with Gasteiger partial charge in [0.2, 0.25) is 0 Å². The first kappa shape index (κ1) is 12.0. The van der Waals surface area contributed by atoms with Gasteiger partial charge in [0.25, 0.3) is 0 Å². The van der Waals surface area contributed by atoms with Crippen molar-refractivity contribution in [3.05, 3.63) is 23.9 Å². The van der Waals surface area contributed by atoms with E-state index in [1.807, 2.05) is 6.20 Å². The number of anilines is 1. The van der Waals surface area contributed by atoms with Gasteiger partial charge in [-0.1, -0.05) is 12.8 Å². The Labute approximate surface area is 109 Å². The summed E-state index contributed by atoms with van der Waals surface area (Å²) in [6.45, 7) is 2.30. The number of pyridine rings is 1. The third-order valence-corrected chi connectivity index (χ3v) is 4.30. The van der Waals surface area contributed by atoms with Gasteiger partial charge in [-0.2, -0.15) is 0 Å². The molecule has 3 heteroatoms. The smallest absolute Gasteiger partial charge is 0.126 e. The molecular weight excluding hydrogens is 222 g/mol. The van der Waals surface area contributed by atoms with Gasteiger partial charge >= 0.3 is 0 Å². The second-order valence-electron chi connectivity index (χ2n) is 5.62. The number of nitrogens with one attached hydrogen (secondary N) is 2. The average Bonchev–Trinajstić information content (AvgIpc) is 2.93. The van der Waals surface area contributed by atoms with Gasteiger partial charge in [-0.05, 0) is 62.4 Å². The maximum Gasteiger partial charge on any atom is 0.126 e. The Morgan fingerprint density at radius 2 is 1.89 bits per heavy atom. The molecule has 2 N–H and O–H groups in total. The highest BCUT2D eigenvalue weighted by atomic mass is 15.0. The molecule has 18 heavy (non-hydrogen) atoms. The third kappa shape index (κ3) is 2.83. The fourth-order valence-electron chi connectivity index (χ4n) is 3.21. The average molecular weight is 245 g/mol. The van der Waals surface area contributed by atoms with Gasteiger partial charge in [0.15, 0.2) is 0 Å². The second-order valence-corrected chi connectivity index (χ2v) is 5.62. The van der Waals surface area contributed by atoms with Crippen LogP contribution in [-0.4, -0.2) is 24.1 Å². The Morgan fingerprint density at radius 3 is 2.67 bits per heavy atom. The molecule has 0 aromatic carbocycles. The van der Waals surface area contributed by atoms with E-state index >= 15 is 0 Å². The molecule has 1 aromatic heterocycles. The van der Waals surface area contributed by atoms with E-state index in [-0.39, 0.29) is 0 Å². The van der Waals surface area contributed by atoms with Crippen LogP contribution in [0.5, 0.6) is 0 Å². The maximum absolute atomic E-state index is 4.47. The topological polar surface area (TPSA) is 37.0 Å². The Kier molecular flexibility index (Phi) is 3.79. The molecule has 0 atom stereocenters. The van der Waals surface area contributed by atoms with E-state index in [4.69, 9.17) is 0 Å². The van der Waals surface area contributed by atoms with Crippen LogP contribution in [0.1, 0.15) is 50.0 Å². The molecule has 3 nitrogen and oxygen atoms in total. The first-order chi connectivity index (χ1) is 8.92. The van der Waals surface area contributed by atoms with Crippen LogP contribution >= 0.6 is 0 Å². The van der Waals surface area contributed by atoms with Gasteiger partial charge in [0.05, 0.1) is 0 Å². The van der Waals surface area contributed by atoms with Crippen LogP contribution in [-0.2, 0) is 0 Å². The summed E-state index contributed by atoms with van der Waals surface area (Å²) in [6.07, 6.45) is 9.82. The Bertz CT molecular complexity index is 379. The molecule has 0 amide bonds. The number of hydrogen-bond acceptors (Lipinski definition) is 3. The summed E-state index contributed by atoms with van der Waals surface area (Å²) in [5, 5.41) is 7.02. The Morgan fingerprint density at radius 1 is 1.11 bits per heavy atom. The van der Waals surface area contributed by atoms with E-state index in [0.29, 0.717) is 6.04 Å². The number of aromatic nitrogens is 1. The SMILES string of the molecule is c1cc(C2CCNCC2)cc(NC2CCCC2)n1. The number of hydrogen-bond donors (Lipinski definition) is 2. The zero-order valence-electron chi connectivity index (χ0n) is 11.0. The lowest BCUT2D eigenvalue weighted by Gasteiger charge is -2.23. The van der Waals surface area contributed by atoms with Crippen molar-refractivity contribution >= 4 is 5.82 Å². The van der Waals surface area contributed by atoms with E-state index in [9.17, 15) is 0 Å². The molecule has 0 bridgehead atoms. The standard InChI is InChI=1S/C15H23N3/c1-2-4-14(3-1)18-15-11-13(7-10-17-15)12-5-8-16-9-6-12/h7,10-12,14,16H,1-6,8-9H2,(H,17,18). The first-order valence-corrected chi connectivity index (χ1v) is 7.35. The highest BCUT2D eigenvalue weighted by Gasteiger charge is 2.17. The summed E-state index contributed by atoms with van der Waals surface area (Å²) < 4.78 is 0. The number of nitrogens with zero attached hydrogens (tertiary/aromatic N) is 1. The molecule has 1 aromatic rings. The molecule has 2 heterocycles. The van der Waals surface area contributed by atoms with Crippen LogP contribution in [0.25, 0.3) is 0 Å². The van der Waals surface area contributed by atoms with Crippen LogP contribution in [0.4, 0.5) is 5.82 Å². The maximum atomic E-state index is 4.47. The molecular formula is C15H23N3. The van der Waals surface area contributed by atoms with Crippen molar-refractivity contribution in [2.45, 2.75) is 50.5 Å². The normalized spacial score (nSPS) is 22.2. The minimum Gasteiger partial charge on any atom is -0.367 e. The van der Waals surface area contributed by atoms with Crippen LogP contribution in [0.15, 0.2) is 18.3 Å². The van der Waals surface area contributed by atoms with Gasteiger partial charge < -0.3 is 10.6 Å². The monoisotopic (exact) mass is 245 g/mol. The molecule has 2 fully saturated rings. The van der Waals surface area contributed by atoms with Crippen LogP contribution in [0.2, 0.25) is 0 Å². The third-order valence-electron chi connectivity index (χ3n) is 4.30. The van der Waals surface area contributed by atoms with Crippen molar-refractivity contribution < 1.29 is 0 Å². The number of rotatable bonds is 3. The summed E-state index contributed by atoms with van der Waals surface area (Å²) in [7, 11) is 0. The summed E-state index contributed by atoms with van der Waals surface area (Å²) in [5.74, 6) is 1.80. The summed E-state index contributed by atoms with van der Waals surface area (Å²) >= 11 is 0. The molecule has 1 saturated carbocycles.